The molecule has 0 saturated heterocycles. The van der Waals surface area contributed by atoms with Crippen LogP contribution in [0.3, 0.4) is 0 Å². The molecule has 0 aliphatic rings. The minimum absolute atomic E-state index is 0.0850. The lowest BCUT2D eigenvalue weighted by Gasteiger charge is -2.11. The number of nitrogens with one attached hydrogen (secondary N) is 1. The first-order valence-corrected chi connectivity index (χ1v) is 7.13. The van der Waals surface area contributed by atoms with Gasteiger partial charge in [-0.25, -0.2) is 0 Å². The Kier molecular flexibility index (Phi) is 7.59. The van der Waals surface area contributed by atoms with Gasteiger partial charge in [0.2, 0.25) is 0 Å². The minimum Gasteiger partial charge on any atom is -0.493 e. The first-order chi connectivity index (χ1) is 11.0. The average Bonchev–Trinajstić information content (AvgIpc) is 2.56. The SMILES string of the molecule is COC(=O)CCCNC(=O)COc1ccc(C(C)=O)cc1OC. The van der Waals surface area contributed by atoms with Gasteiger partial charge in [0.25, 0.3) is 5.91 Å². The second-order valence-corrected chi connectivity index (χ2v) is 4.74. The maximum absolute atomic E-state index is 11.7. The van der Waals surface area contributed by atoms with Crippen molar-refractivity contribution in [1.82, 2.24) is 5.32 Å². The monoisotopic (exact) mass is 323 g/mol. The highest BCUT2D eigenvalue weighted by atomic mass is 16.5. The van der Waals surface area contributed by atoms with Gasteiger partial charge in [-0.05, 0) is 31.5 Å². The van der Waals surface area contributed by atoms with Crippen molar-refractivity contribution >= 4 is 17.7 Å². The van der Waals surface area contributed by atoms with Crippen molar-refractivity contribution < 1.29 is 28.6 Å². The molecule has 23 heavy (non-hydrogen) atoms. The Hall–Kier alpha value is -2.57. The van der Waals surface area contributed by atoms with Gasteiger partial charge in [-0.3, -0.25) is 14.4 Å². The fourth-order valence-electron chi connectivity index (χ4n) is 1.76. The number of ether oxygens (including phenoxy) is 3. The molecule has 0 saturated carbocycles. The second-order valence-electron chi connectivity index (χ2n) is 4.74. The third kappa shape index (κ3) is 6.37. The van der Waals surface area contributed by atoms with Crippen LogP contribution in [0.1, 0.15) is 30.1 Å². The van der Waals surface area contributed by atoms with Gasteiger partial charge in [-0.15, -0.1) is 0 Å². The molecule has 0 bridgehead atoms. The van der Waals surface area contributed by atoms with Crippen molar-refractivity contribution in [3.05, 3.63) is 23.8 Å². The number of rotatable bonds is 9. The third-order valence-corrected chi connectivity index (χ3v) is 3.04. The number of benzene rings is 1. The Morgan fingerprint density at radius 1 is 1.13 bits per heavy atom. The number of hydrogen-bond acceptors (Lipinski definition) is 6. The Labute approximate surface area is 134 Å². The number of ketones is 1. The molecule has 1 amide bonds. The molecule has 7 heteroatoms. The van der Waals surface area contributed by atoms with Crippen molar-refractivity contribution in [2.45, 2.75) is 19.8 Å². The first kappa shape index (κ1) is 18.5. The van der Waals surface area contributed by atoms with Crippen LogP contribution in [0.5, 0.6) is 11.5 Å². The maximum Gasteiger partial charge on any atom is 0.305 e. The summed E-state index contributed by atoms with van der Waals surface area (Å²) in [6, 6.07) is 4.75. The second kappa shape index (κ2) is 9.45. The zero-order chi connectivity index (χ0) is 17.2. The summed E-state index contributed by atoms with van der Waals surface area (Å²) in [7, 11) is 2.78. The molecule has 0 aromatic heterocycles. The lowest BCUT2D eigenvalue weighted by atomic mass is 10.1. The van der Waals surface area contributed by atoms with E-state index in [0.717, 1.165) is 0 Å². The Morgan fingerprint density at radius 3 is 2.48 bits per heavy atom. The van der Waals surface area contributed by atoms with Crippen LogP contribution in [0.4, 0.5) is 0 Å². The molecule has 0 heterocycles. The Morgan fingerprint density at radius 2 is 1.87 bits per heavy atom. The quantitative estimate of drug-likeness (QED) is 0.419. The van der Waals surface area contributed by atoms with E-state index in [1.54, 1.807) is 18.2 Å². The number of methoxy groups -OCH3 is 2. The molecule has 1 rings (SSSR count). The van der Waals surface area contributed by atoms with Gasteiger partial charge in [-0.2, -0.15) is 0 Å². The van der Waals surface area contributed by atoms with Gasteiger partial charge in [0.05, 0.1) is 14.2 Å². The minimum atomic E-state index is -0.314. The van der Waals surface area contributed by atoms with Crippen molar-refractivity contribution in [3.8, 4) is 11.5 Å². The van der Waals surface area contributed by atoms with E-state index in [1.165, 1.54) is 21.1 Å². The van der Waals surface area contributed by atoms with Crippen molar-refractivity contribution in [3.63, 3.8) is 0 Å². The zero-order valence-corrected chi connectivity index (χ0v) is 13.5. The van der Waals surface area contributed by atoms with Crippen LogP contribution < -0.4 is 14.8 Å². The number of amides is 1. The Balaban J connectivity index is 2.43. The van der Waals surface area contributed by atoms with Crippen LogP contribution in [-0.4, -0.2) is 45.0 Å². The number of carbonyl (C=O) groups excluding carboxylic acids is 3. The summed E-state index contributed by atoms with van der Waals surface area (Å²) in [4.78, 5) is 33.9. The van der Waals surface area contributed by atoms with Crippen molar-refractivity contribution in [2.75, 3.05) is 27.4 Å². The molecule has 1 aromatic rings. The highest BCUT2D eigenvalue weighted by molar-refractivity contribution is 5.94. The number of Topliss-reactive ketones (excluding diaryl/α,β-unsaturated/α-hetero) is 1. The molecule has 0 unspecified atom stereocenters. The maximum atomic E-state index is 11.7. The molecule has 126 valence electrons. The number of esters is 1. The largest absolute Gasteiger partial charge is 0.493 e. The predicted molar refractivity (Wildman–Crippen MR) is 82.8 cm³/mol. The summed E-state index contributed by atoms with van der Waals surface area (Å²) in [5.41, 5.74) is 0.501. The molecule has 0 atom stereocenters. The highest BCUT2D eigenvalue weighted by Gasteiger charge is 2.10. The highest BCUT2D eigenvalue weighted by Crippen LogP contribution is 2.28. The van der Waals surface area contributed by atoms with Crippen molar-refractivity contribution in [2.24, 2.45) is 0 Å². The normalized spacial score (nSPS) is 9.87. The number of hydrogen-bond donors (Lipinski definition) is 1. The standard InChI is InChI=1S/C16H21NO6/c1-11(18)12-6-7-13(14(9-12)21-2)23-10-15(19)17-8-4-5-16(20)22-3/h6-7,9H,4-5,8,10H2,1-3H3,(H,17,19). The van der Waals surface area contributed by atoms with E-state index < -0.39 is 0 Å². The van der Waals surface area contributed by atoms with E-state index in [0.29, 0.717) is 30.0 Å². The molecule has 0 aliphatic heterocycles. The summed E-state index contributed by atoms with van der Waals surface area (Å²) in [6.07, 6.45) is 0.743. The molecular formula is C16H21NO6. The molecule has 1 aromatic carbocycles. The van der Waals surface area contributed by atoms with E-state index in [-0.39, 0.29) is 30.7 Å². The van der Waals surface area contributed by atoms with Gasteiger partial charge in [0.1, 0.15) is 0 Å². The summed E-state index contributed by atoms with van der Waals surface area (Å²) in [5.74, 6) is 0.0509. The summed E-state index contributed by atoms with van der Waals surface area (Å²) in [5, 5.41) is 2.63. The first-order valence-electron chi connectivity index (χ1n) is 7.13. The average molecular weight is 323 g/mol. The molecule has 0 aliphatic carbocycles. The zero-order valence-electron chi connectivity index (χ0n) is 13.5. The lowest BCUT2D eigenvalue weighted by molar-refractivity contribution is -0.140. The van der Waals surface area contributed by atoms with Crippen LogP contribution >= 0.6 is 0 Å². The summed E-state index contributed by atoms with van der Waals surface area (Å²) >= 11 is 0. The molecule has 1 N–H and O–H groups in total. The molecular weight excluding hydrogens is 302 g/mol. The summed E-state index contributed by atoms with van der Waals surface area (Å²) in [6.45, 7) is 1.63. The van der Waals surface area contributed by atoms with Crippen molar-refractivity contribution in [1.29, 1.82) is 0 Å². The fraction of sp³-hybridized carbons (Fsp3) is 0.438. The molecule has 0 spiro atoms. The Bertz CT molecular complexity index is 570. The topological polar surface area (TPSA) is 90.9 Å². The van der Waals surface area contributed by atoms with Gasteiger partial charge in [-0.1, -0.05) is 0 Å². The van der Waals surface area contributed by atoms with Crippen LogP contribution in [0.15, 0.2) is 18.2 Å². The van der Waals surface area contributed by atoms with Crippen LogP contribution in [0.2, 0.25) is 0 Å². The van der Waals surface area contributed by atoms with E-state index >= 15 is 0 Å². The number of carbonyl (C=O) groups is 3. The van der Waals surface area contributed by atoms with Crippen LogP contribution in [-0.2, 0) is 14.3 Å². The van der Waals surface area contributed by atoms with Crippen LogP contribution in [0.25, 0.3) is 0 Å². The van der Waals surface area contributed by atoms with Crippen LogP contribution in [0, 0.1) is 0 Å². The lowest BCUT2D eigenvalue weighted by Crippen LogP contribution is -2.30. The van der Waals surface area contributed by atoms with E-state index in [2.05, 4.69) is 10.1 Å². The summed E-state index contributed by atoms with van der Waals surface area (Å²) < 4.78 is 15.0. The van der Waals surface area contributed by atoms with Gasteiger partial charge in [0, 0.05) is 18.5 Å². The smallest absolute Gasteiger partial charge is 0.305 e. The van der Waals surface area contributed by atoms with Gasteiger partial charge in [0.15, 0.2) is 23.9 Å². The molecule has 0 fully saturated rings. The van der Waals surface area contributed by atoms with Gasteiger partial charge >= 0.3 is 5.97 Å². The fourth-order valence-corrected chi connectivity index (χ4v) is 1.76. The van der Waals surface area contributed by atoms with Gasteiger partial charge < -0.3 is 19.5 Å². The molecule has 7 nitrogen and oxygen atoms in total. The molecule has 0 radical (unpaired) electrons. The van der Waals surface area contributed by atoms with E-state index in [9.17, 15) is 14.4 Å². The van der Waals surface area contributed by atoms with E-state index in [4.69, 9.17) is 9.47 Å². The third-order valence-electron chi connectivity index (χ3n) is 3.04. The predicted octanol–water partition coefficient (Wildman–Crippen LogP) is 1.35. The van der Waals surface area contributed by atoms with E-state index in [1.807, 2.05) is 0 Å².